The highest BCUT2D eigenvalue weighted by Crippen LogP contribution is 2.21. The zero-order valence-corrected chi connectivity index (χ0v) is 13.0. The maximum Gasteiger partial charge on any atom is 0.263 e. The van der Waals surface area contributed by atoms with E-state index >= 15 is 0 Å². The van der Waals surface area contributed by atoms with E-state index in [2.05, 4.69) is 5.32 Å². The molecule has 21 heavy (non-hydrogen) atoms. The molecule has 0 radical (unpaired) electrons. The minimum absolute atomic E-state index is 0.0589. The molecule has 1 heterocycles. The summed E-state index contributed by atoms with van der Waals surface area (Å²) in [6.07, 6.45) is 1.64. The van der Waals surface area contributed by atoms with Gasteiger partial charge in [-0.15, -0.1) is 0 Å². The average molecular weight is 292 g/mol. The van der Waals surface area contributed by atoms with Gasteiger partial charge >= 0.3 is 0 Å². The van der Waals surface area contributed by atoms with Gasteiger partial charge < -0.3 is 19.7 Å². The molecule has 0 aromatic heterocycles. The summed E-state index contributed by atoms with van der Waals surface area (Å²) in [7, 11) is 3.54. The quantitative estimate of drug-likeness (QED) is 0.866. The largest absolute Gasteiger partial charge is 0.497 e. The van der Waals surface area contributed by atoms with Gasteiger partial charge in [-0.2, -0.15) is 0 Å². The summed E-state index contributed by atoms with van der Waals surface area (Å²) in [6.45, 7) is 3.46. The smallest absolute Gasteiger partial charge is 0.263 e. The molecule has 2 rings (SSSR count). The number of hydrogen-bond acceptors (Lipinski definition) is 4. The second kappa shape index (κ2) is 7.31. The van der Waals surface area contributed by atoms with Gasteiger partial charge in [0.15, 0.2) is 6.10 Å². The van der Waals surface area contributed by atoms with Crippen LogP contribution in [-0.4, -0.2) is 50.2 Å². The third kappa shape index (κ3) is 3.88. The van der Waals surface area contributed by atoms with Gasteiger partial charge in [-0.25, -0.2) is 0 Å². The number of amides is 1. The number of carbonyl (C=O) groups excluding carboxylic acids is 1. The van der Waals surface area contributed by atoms with Crippen LogP contribution in [0.5, 0.6) is 11.5 Å². The Bertz CT molecular complexity index is 461. The molecule has 0 aliphatic carbocycles. The van der Waals surface area contributed by atoms with E-state index in [0.29, 0.717) is 5.75 Å². The molecule has 2 atom stereocenters. The first-order valence-electron chi connectivity index (χ1n) is 7.41. The van der Waals surface area contributed by atoms with Crippen LogP contribution in [0.3, 0.4) is 0 Å². The van der Waals surface area contributed by atoms with Crippen molar-refractivity contribution in [2.45, 2.75) is 31.9 Å². The van der Waals surface area contributed by atoms with Gasteiger partial charge in [-0.3, -0.25) is 4.79 Å². The van der Waals surface area contributed by atoms with E-state index in [1.54, 1.807) is 14.0 Å². The van der Waals surface area contributed by atoms with Crippen molar-refractivity contribution >= 4 is 5.91 Å². The fraction of sp³-hybridized carbons (Fsp3) is 0.562. The van der Waals surface area contributed by atoms with Crippen LogP contribution in [0.1, 0.15) is 19.8 Å². The summed E-state index contributed by atoms with van der Waals surface area (Å²) in [6, 6.07) is 7.57. The molecule has 1 saturated heterocycles. The number of likely N-dealkylation sites (N-methyl/N-ethyl adjacent to an activating group) is 1. The Hall–Kier alpha value is -1.75. The van der Waals surface area contributed by atoms with Crippen LogP contribution in [0.15, 0.2) is 24.3 Å². The maximum absolute atomic E-state index is 12.5. The molecule has 0 spiro atoms. The highest BCUT2D eigenvalue weighted by molar-refractivity contribution is 5.81. The predicted molar refractivity (Wildman–Crippen MR) is 81.7 cm³/mol. The summed E-state index contributed by atoms with van der Waals surface area (Å²) in [5, 5.41) is 3.15. The highest BCUT2D eigenvalue weighted by Gasteiger charge is 2.31. The highest BCUT2D eigenvalue weighted by atomic mass is 16.5. The Kier molecular flexibility index (Phi) is 5.44. The second-order valence-corrected chi connectivity index (χ2v) is 5.32. The lowest BCUT2D eigenvalue weighted by molar-refractivity contribution is -0.138. The molecule has 1 aromatic carbocycles. The van der Waals surface area contributed by atoms with Gasteiger partial charge in [0.1, 0.15) is 11.5 Å². The molecule has 0 saturated carbocycles. The monoisotopic (exact) mass is 292 g/mol. The lowest BCUT2D eigenvalue weighted by Crippen LogP contribution is -2.46. The maximum atomic E-state index is 12.5. The number of nitrogens with zero attached hydrogens (tertiary/aromatic N) is 1. The Labute approximate surface area is 126 Å². The van der Waals surface area contributed by atoms with Crippen molar-refractivity contribution < 1.29 is 14.3 Å². The van der Waals surface area contributed by atoms with Gasteiger partial charge in [-0.1, -0.05) is 0 Å². The summed E-state index contributed by atoms with van der Waals surface area (Å²) < 4.78 is 10.9. The zero-order chi connectivity index (χ0) is 15.2. The molecule has 2 unspecified atom stereocenters. The fourth-order valence-electron chi connectivity index (χ4n) is 2.72. The number of methoxy groups -OCH3 is 1. The summed E-state index contributed by atoms with van der Waals surface area (Å²) in [4.78, 5) is 14.4. The molecule has 1 N–H and O–H groups in total. The number of likely N-dealkylation sites (tertiary alicyclic amines) is 1. The Morgan fingerprint density at radius 1 is 1.38 bits per heavy atom. The minimum Gasteiger partial charge on any atom is -0.497 e. The van der Waals surface area contributed by atoms with Crippen molar-refractivity contribution in [3.05, 3.63) is 24.3 Å². The molecule has 1 aliphatic heterocycles. The van der Waals surface area contributed by atoms with E-state index in [4.69, 9.17) is 9.47 Å². The molecule has 5 nitrogen and oxygen atoms in total. The van der Waals surface area contributed by atoms with Crippen LogP contribution in [0.2, 0.25) is 0 Å². The van der Waals surface area contributed by atoms with Crippen molar-refractivity contribution in [3.8, 4) is 11.5 Å². The molecule has 116 valence electrons. The van der Waals surface area contributed by atoms with Crippen LogP contribution < -0.4 is 14.8 Å². The first-order chi connectivity index (χ1) is 10.2. The van der Waals surface area contributed by atoms with E-state index in [1.165, 1.54) is 0 Å². The van der Waals surface area contributed by atoms with E-state index in [1.807, 2.05) is 36.2 Å². The van der Waals surface area contributed by atoms with Crippen molar-refractivity contribution in [1.29, 1.82) is 0 Å². The molecule has 1 aliphatic rings. The number of nitrogens with one attached hydrogen (secondary N) is 1. The molecule has 1 aromatic rings. The third-order valence-electron chi connectivity index (χ3n) is 3.82. The van der Waals surface area contributed by atoms with Gasteiger partial charge in [0, 0.05) is 19.1 Å². The van der Waals surface area contributed by atoms with Crippen molar-refractivity contribution in [3.63, 3.8) is 0 Å². The van der Waals surface area contributed by atoms with Gasteiger partial charge in [0.2, 0.25) is 0 Å². The summed E-state index contributed by atoms with van der Waals surface area (Å²) >= 11 is 0. The van der Waals surface area contributed by atoms with E-state index in [-0.39, 0.29) is 11.9 Å². The second-order valence-electron chi connectivity index (χ2n) is 5.32. The molecular weight excluding hydrogens is 268 g/mol. The summed E-state index contributed by atoms with van der Waals surface area (Å²) in [5.41, 5.74) is 0. The zero-order valence-electron chi connectivity index (χ0n) is 13.0. The van der Waals surface area contributed by atoms with Gasteiger partial charge in [0.25, 0.3) is 5.91 Å². The number of benzene rings is 1. The van der Waals surface area contributed by atoms with Crippen LogP contribution >= 0.6 is 0 Å². The van der Waals surface area contributed by atoms with Gasteiger partial charge in [-0.05, 0) is 51.1 Å². The molecular formula is C16H24N2O3. The van der Waals surface area contributed by atoms with E-state index in [9.17, 15) is 4.79 Å². The van der Waals surface area contributed by atoms with Crippen LogP contribution in [0, 0.1) is 0 Å². The third-order valence-corrected chi connectivity index (χ3v) is 3.82. The normalized spacial score (nSPS) is 19.4. The summed E-state index contributed by atoms with van der Waals surface area (Å²) in [5.74, 6) is 1.51. The van der Waals surface area contributed by atoms with Crippen LogP contribution in [0.25, 0.3) is 0 Å². The number of carbonyl (C=O) groups is 1. The van der Waals surface area contributed by atoms with E-state index < -0.39 is 6.10 Å². The SMILES string of the molecule is CNCC1CCCN1C(=O)C(C)Oc1ccc(OC)cc1. The first-order valence-corrected chi connectivity index (χ1v) is 7.41. The standard InChI is InChI=1S/C16H24N2O3/c1-12(21-15-8-6-14(20-3)7-9-15)16(19)18-10-4-5-13(18)11-17-2/h6-9,12-13,17H,4-5,10-11H2,1-3H3. The van der Waals surface area contributed by atoms with Crippen molar-refractivity contribution in [2.75, 3.05) is 27.2 Å². The Balaban J connectivity index is 1.95. The van der Waals surface area contributed by atoms with Gasteiger partial charge in [0.05, 0.1) is 7.11 Å². The Morgan fingerprint density at radius 3 is 2.67 bits per heavy atom. The minimum atomic E-state index is -0.476. The van der Waals surface area contributed by atoms with Crippen molar-refractivity contribution in [2.24, 2.45) is 0 Å². The number of hydrogen-bond donors (Lipinski definition) is 1. The molecule has 5 heteroatoms. The van der Waals surface area contributed by atoms with Crippen LogP contribution in [-0.2, 0) is 4.79 Å². The van der Waals surface area contributed by atoms with Crippen LogP contribution in [0.4, 0.5) is 0 Å². The molecule has 1 fully saturated rings. The first kappa shape index (κ1) is 15.6. The lowest BCUT2D eigenvalue weighted by atomic mass is 10.2. The van der Waals surface area contributed by atoms with E-state index in [0.717, 1.165) is 31.7 Å². The Morgan fingerprint density at radius 2 is 2.05 bits per heavy atom. The molecule has 1 amide bonds. The predicted octanol–water partition coefficient (Wildman–Crippen LogP) is 1.67. The lowest BCUT2D eigenvalue weighted by Gasteiger charge is -2.27. The number of rotatable bonds is 6. The number of ether oxygens (including phenoxy) is 2. The topological polar surface area (TPSA) is 50.8 Å². The van der Waals surface area contributed by atoms with Crippen molar-refractivity contribution in [1.82, 2.24) is 10.2 Å². The fourth-order valence-corrected chi connectivity index (χ4v) is 2.72. The molecule has 0 bridgehead atoms. The average Bonchev–Trinajstić information content (AvgIpc) is 2.96.